The Morgan fingerprint density at radius 1 is 1.17 bits per heavy atom. The third-order valence-corrected chi connectivity index (χ3v) is 11.1. The molecule has 3 aliphatic rings. The van der Waals surface area contributed by atoms with E-state index in [9.17, 15) is 14.4 Å². The maximum absolute atomic E-state index is 15.3. The number of pyridine rings is 1. The van der Waals surface area contributed by atoms with E-state index in [-0.39, 0.29) is 28.5 Å². The number of carbonyl (C=O) groups excluding carboxylic acids is 3. The Bertz CT molecular complexity index is 1960. The number of nitrogens with zero attached hydrogens (tertiary/aromatic N) is 3. The number of carbonyl (C=O) groups is 3. The molecule has 0 bridgehead atoms. The Hall–Kier alpha value is -4.74. The van der Waals surface area contributed by atoms with Crippen molar-refractivity contribution >= 4 is 35.0 Å². The molecular weight excluding hydrogens is 695 g/mol. The first kappa shape index (κ1) is 39.5. The van der Waals surface area contributed by atoms with Crippen molar-refractivity contribution in [1.29, 1.82) is 0 Å². The van der Waals surface area contributed by atoms with Crippen LogP contribution >= 0.6 is 11.6 Å². The number of aromatic nitrogens is 1. The second kappa shape index (κ2) is 16.5. The summed E-state index contributed by atoms with van der Waals surface area (Å²) < 4.78 is 20.9. The molecule has 0 saturated carbocycles. The topological polar surface area (TPSA) is 116 Å². The summed E-state index contributed by atoms with van der Waals surface area (Å²) in [7, 11) is 4.84. The molecular formula is C41H50ClFN6O4. The van der Waals surface area contributed by atoms with Crippen molar-refractivity contribution < 1.29 is 23.5 Å². The quantitative estimate of drug-likeness (QED) is 0.202. The largest absolute Gasteiger partial charge is 0.481 e. The maximum Gasteiger partial charge on any atom is 0.266 e. The lowest BCUT2D eigenvalue weighted by molar-refractivity contribution is -0.128. The zero-order valence-electron chi connectivity index (χ0n) is 31.7. The minimum Gasteiger partial charge on any atom is -0.481 e. The number of hydrogen-bond donors (Lipinski definition) is 3. The first-order chi connectivity index (χ1) is 25.2. The van der Waals surface area contributed by atoms with Crippen LogP contribution in [0.25, 0.3) is 22.4 Å². The normalized spacial score (nSPS) is 18.5. The number of fused-ring (bicyclic) bond motifs is 1. The van der Waals surface area contributed by atoms with Crippen molar-refractivity contribution in [3.63, 3.8) is 0 Å². The van der Waals surface area contributed by atoms with Gasteiger partial charge in [-0.2, -0.15) is 0 Å². The van der Waals surface area contributed by atoms with E-state index in [0.717, 1.165) is 57.2 Å². The summed E-state index contributed by atoms with van der Waals surface area (Å²) in [6, 6.07) is 10.1. The summed E-state index contributed by atoms with van der Waals surface area (Å²) >= 11 is 6.91. The van der Waals surface area contributed by atoms with Gasteiger partial charge in [0.25, 0.3) is 11.8 Å². The molecule has 12 heteroatoms. The summed E-state index contributed by atoms with van der Waals surface area (Å²) in [6.45, 7) is 13.7. The molecule has 3 amide bonds. The standard InChI is InChI=1S/C30H28ClFN4O3.C11H22N2O/c1-16-24(33-28(37)22-15-35(3)17(2)36(4)30(22)38)13-12-23(32)26(16)21-11-7-10-20(27(21)31)25-14-18-8-6-9-19(18)29(34-25)39-5;1-4-9(3)10(14)13-11(5-2)6-7-12-8-11/h7,10-15H,2,6,8-9H2,1,3-5H3,(H,33,37);9,12H,4-8H2,1-3H3,(H,13,14). The van der Waals surface area contributed by atoms with Gasteiger partial charge in [0.05, 0.1) is 23.4 Å². The average Bonchev–Trinajstić information content (AvgIpc) is 3.84. The van der Waals surface area contributed by atoms with E-state index in [1.54, 1.807) is 45.2 Å². The third-order valence-electron chi connectivity index (χ3n) is 10.7. The van der Waals surface area contributed by atoms with Gasteiger partial charge in [0.2, 0.25) is 11.8 Å². The fraction of sp³-hybridized carbons (Fsp3) is 0.415. The number of benzene rings is 2. The van der Waals surface area contributed by atoms with Crippen LogP contribution in [0.4, 0.5) is 10.1 Å². The van der Waals surface area contributed by atoms with Gasteiger partial charge in [0.1, 0.15) is 17.2 Å². The number of likely N-dealkylation sites (N-methyl/N-ethyl adjacent to an activating group) is 1. The summed E-state index contributed by atoms with van der Waals surface area (Å²) in [5.41, 5.74) is 5.11. The highest BCUT2D eigenvalue weighted by molar-refractivity contribution is 6.36. The highest BCUT2D eigenvalue weighted by Gasteiger charge is 2.34. The Morgan fingerprint density at radius 2 is 1.91 bits per heavy atom. The predicted molar refractivity (Wildman–Crippen MR) is 208 cm³/mol. The van der Waals surface area contributed by atoms with E-state index in [2.05, 4.69) is 36.4 Å². The number of halogens is 2. The first-order valence-electron chi connectivity index (χ1n) is 18.2. The highest BCUT2D eigenvalue weighted by atomic mass is 35.5. The van der Waals surface area contributed by atoms with E-state index < -0.39 is 17.6 Å². The Morgan fingerprint density at radius 3 is 2.57 bits per heavy atom. The van der Waals surface area contributed by atoms with Gasteiger partial charge in [0.15, 0.2) is 0 Å². The predicted octanol–water partition coefficient (Wildman–Crippen LogP) is 7.00. The molecule has 3 aromatic rings. The molecule has 10 nitrogen and oxygen atoms in total. The van der Waals surface area contributed by atoms with Crippen molar-refractivity contribution in [3.05, 3.63) is 88.1 Å². The van der Waals surface area contributed by atoms with Crippen LogP contribution in [0.3, 0.4) is 0 Å². The Kier molecular flexibility index (Phi) is 12.3. The number of aryl methyl sites for hydroxylation is 1. The smallest absolute Gasteiger partial charge is 0.266 e. The lowest BCUT2D eigenvalue weighted by Crippen LogP contribution is -2.51. The van der Waals surface area contributed by atoms with Crippen LogP contribution in [0.5, 0.6) is 5.88 Å². The van der Waals surface area contributed by atoms with Crippen LogP contribution in [0.2, 0.25) is 5.02 Å². The SMILES string of the molecule is C=C1N(C)C=C(C(=O)Nc2ccc(F)c(-c3cccc(-c4cc5c(c(OC)n4)CCC5)c3Cl)c2C)C(=O)N1C.CCC(C)C(=O)NC1(CC)CCNC1. The molecule has 0 spiro atoms. The van der Waals surface area contributed by atoms with Crippen LogP contribution in [-0.4, -0.2) is 72.3 Å². The average molecular weight is 745 g/mol. The molecule has 2 aromatic carbocycles. The second-order valence-electron chi connectivity index (χ2n) is 14.0. The molecule has 3 N–H and O–H groups in total. The maximum atomic E-state index is 15.3. The third kappa shape index (κ3) is 8.11. The van der Waals surface area contributed by atoms with E-state index in [4.69, 9.17) is 21.3 Å². The van der Waals surface area contributed by atoms with Crippen LogP contribution in [0.15, 0.2) is 60.6 Å². The summed E-state index contributed by atoms with van der Waals surface area (Å²) in [4.78, 5) is 45.1. The molecule has 6 rings (SSSR count). The monoisotopic (exact) mass is 744 g/mol. The van der Waals surface area contributed by atoms with Gasteiger partial charge in [-0.25, -0.2) is 9.37 Å². The Balaban J connectivity index is 0.000000326. The molecule has 53 heavy (non-hydrogen) atoms. The fourth-order valence-corrected chi connectivity index (χ4v) is 7.25. The molecule has 2 unspecified atom stereocenters. The number of ether oxygens (including phenoxy) is 1. The van der Waals surface area contributed by atoms with Gasteiger partial charge < -0.3 is 25.6 Å². The van der Waals surface area contributed by atoms with Crippen molar-refractivity contribution in [2.24, 2.45) is 5.92 Å². The van der Waals surface area contributed by atoms with Crippen molar-refractivity contribution in [2.75, 3.05) is 39.6 Å². The van der Waals surface area contributed by atoms with Gasteiger partial charge in [0, 0.05) is 60.7 Å². The van der Waals surface area contributed by atoms with Crippen LogP contribution in [0.1, 0.15) is 63.1 Å². The summed E-state index contributed by atoms with van der Waals surface area (Å²) in [5.74, 6) is -0.212. The first-order valence-corrected chi connectivity index (χ1v) is 18.5. The molecule has 3 heterocycles. The minimum atomic E-state index is -0.610. The zero-order valence-corrected chi connectivity index (χ0v) is 32.5. The van der Waals surface area contributed by atoms with Crippen LogP contribution in [0, 0.1) is 18.7 Å². The van der Waals surface area contributed by atoms with Crippen LogP contribution < -0.4 is 20.7 Å². The highest BCUT2D eigenvalue weighted by Crippen LogP contribution is 2.42. The number of anilines is 1. The molecule has 1 aliphatic carbocycles. The number of hydrogen-bond acceptors (Lipinski definition) is 7. The Labute approximate surface area is 316 Å². The van der Waals surface area contributed by atoms with E-state index in [0.29, 0.717) is 44.8 Å². The summed E-state index contributed by atoms with van der Waals surface area (Å²) in [5, 5.41) is 9.60. The van der Waals surface area contributed by atoms with Gasteiger partial charge in [-0.15, -0.1) is 0 Å². The zero-order chi connectivity index (χ0) is 38.6. The number of rotatable bonds is 9. The molecule has 0 radical (unpaired) electrons. The number of methoxy groups -OCH3 is 1. The molecule has 2 aliphatic heterocycles. The number of amides is 3. The molecule has 1 aromatic heterocycles. The molecule has 282 valence electrons. The van der Waals surface area contributed by atoms with Gasteiger partial charge in [-0.1, -0.05) is 57.2 Å². The van der Waals surface area contributed by atoms with E-state index in [1.807, 2.05) is 19.1 Å². The minimum absolute atomic E-state index is 0.0283. The van der Waals surface area contributed by atoms with Gasteiger partial charge in [-0.05, 0) is 81.3 Å². The lowest BCUT2D eigenvalue weighted by atomic mass is 9.94. The number of nitrogens with one attached hydrogen (secondary N) is 3. The lowest BCUT2D eigenvalue weighted by Gasteiger charge is -2.31. The molecule has 2 atom stereocenters. The van der Waals surface area contributed by atoms with Crippen molar-refractivity contribution in [1.82, 2.24) is 25.4 Å². The van der Waals surface area contributed by atoms with E-state index in [1.165, 1.54) is 28.8 Å². The van der Waals surface area contributed by atoms with E-state index >= 15 is 4.39 Å². The van der Waals surface area contributed by atoms with Gasteiger partial charge in [-0.3, -0.25) is 19.3 Å². The molecule has 1 saturated heterocycles. The van der Waals surface area contributed by atoms with Crippen LogP contribution in [-0.2, 0) is 27.2 Å². The molecule has 1 fully saturated rings. The van der Waals surface area contributed by atoms with Crippen molar-refractivity contribution in [2.45, 2.75) is 71.8 Å². The fourth-order valence-electron chi connectivity index (χ4n) is 6.93. The second-order valence-corrected chi connectivity index (χ2v) is 14.4. The van der Waals surface area contributed by atoms with Gasteiger partial charge >= 0.3 is 0 Å². The van der Waals surface area contributed by atoms with Crippen molar-refractivity contribution in [3.8, 4) is 28.3 Å². The summed E-state index contributed by atoms with van der Waals surface area (Å²) in [6.07, 6.45) is 7.32.